The summed E-state index contributed by atoms with van der Waals surface area (Å²) >= 11 is 7.50. The molecule has 0 bridgehead atoms. The summed E-state index contributed by atoms with van der Waals surface area (Å²) in [5, 5.41) is 9.45. The molecule has 10 heteroatoms. The summed E-state index contributed by atoms with van der Waals surface area (Å²) in [4.78, 5) is 9.97. The third-order valence-corrected chi connectivity index (χ3v) is 5.82. The monoisotopic (exact) mass is 472 g/mol. The van der Waals surface area contributed by atoms with Crippen molar-refractivity contribution in [3.8, 4) is 11.9 Å². The number of ether oxygens (including phenoxy) is 1. The number of nitriles is 1. The summed E-state index contributed by atoms with van der Waals surface area (Å²) in [6.07, 6.45) is 1.08. The van der Waals surface area contributed by atoms with Gasteiger partial charge in [-0.25, -0.2) is 0 Å². The molecule has 2 aromatic rings. The van der Waals surface area contributed by atoms with E-state index in [2.05, 4.69) is 37.7 Å². The maximum absolute atomic E-state index is 12.7. The Hall–Kier alpha value is -2.31. The molecule has 0 saturated heterocycles. The number of hydrogen-bond acceptors (Lipinski definition) is 4. The molecular formula is C21H24ClF3N4OS. The van der Waals surface area contributed by atoms with Crippen molar-refractivity contribution in [2.24, 2.45) is 9.98 Å². The zero-order valence-electron chi connectivity index (χ0n) is 17.8. The first-order chi connectivity index (χ1) is 14.4. The van der Waals surface area contributed by atoms with Crippen LogP contribution >= 0.6 is 22.9 Å². The molecule has 0 fully saturated rings. The smallest absolute Gasteiger partial charge is 0.422 e. The molecule has 1 aromatic heterocycles. The number of aryl methyl sites for hydroxylation is 1. The van der Waals surface area contributed by atoms with Crippen molar-refractivity contribution < 1.29 is 17.9 Å². The summed E-state index contributed by atoms with van der Waals surface area (Å²) < 4.78 is 44.9. The fraction of sp³-hybridized carbons (Fsp3) is 0.476. The van der Waals surface area contributed by atoms with Crippen LogP contribution in [0.25, 0.3) is 0 Å². The second-order valence-electron chi connectivity index (χ2n) is 7.87. The second kappa shape index (κ2) is 10.3. The molecule has 0 saturated carbocycles. The number of rotatable bonds is 6. The van der Waals surface area contributed by atoms with Crippen LogP contribution in [0, 0.1) is 11.5 Å². The largest absolute Gasteiger partial charge is 0.483 e. The van der Waals surface area contributed by atoms with E-state index >= 15 is 0 Å². The summed E-state index contributed by atoms with van der Waals surface area (Å²) in [5.41, 5.74) is 0.00161. The van der Waals surface area contributed by atoms with E-state index in [9.17, 15) is 18.4 Å². The number of alkyl halides is 3. The van der Waals surface area contributed by atoms with E-state index in [1.807, 2.05) is 10.8 Å². The number of aliphatic imine (C=N–C) groups is 1. The molecular weight excluding hydrogens is 449 g/mol. The van der Waals surface area contributed by atoms with Gasteiger partial charge in [0.15, 0.2) is 17.2 Å². The van der Waals surface area contributed by atoms with Crippen molar-refractivity contribution in [3.63, 3.8) is 0 Å². The van der Waals surface area contributed by atoms with Gasteiger partial charge >= 0.3 is 6.18 Å². The van der Waals surface area contributed by atoms with Crippen molar-refractivity contribution in [2.75, 3.05) is 6.61 Å². The van der Waals surface area contributed by atoms with E-state index in [0.29, 0.717) is 11.3 Å². The minimum absolute atomic E-state index is 0.0604. The van der Waals surface area contributed by atoms with Gasteiger partial charge in [0, 0.05) is 22.6 Å². The molecule has 0 radical (unpaired) electrons. The fourth-order valence-electron chi connectivity index (χ4n) is 2.55. The van der Waals surface area contributed by atoms with Crippen LogP contribution in [-0.2, 0) is 12.0 Å². The van der Waals surface area contributed by atoms with Gasteiger partial charge in [0.2, 0.25) is 6.19 Å². The topological polar surface area (TPSA) is 62.7 Å². The number of hydrogen-bond donors (Lipinski definition) is 0. The molecule has 1 heterocycles. The zero-order valence-corrected chi connectivity index (χ0v) is 19.3. The van der Waals surface area contributed by atoms with Crippen LogP contribution in [0.1, 0.15) is 51.0 Å². The van der Waals surface area contributed by atoms with Gasteiger partial charge in [0.05, 0.1) is 5.56 Å². The highest BCUT2D eigenvalue weighted by atomic mass is 35.5. The number of nitrogens with zero attached hydrogens (tertiary/aromatic N) is 4. The minimum atomic E-state index is -4.51. The van der Waals surface area contributed by atoms with Crippen LogP contribution in [-0.4, -0.2) is 23.2 Å². The minimum Gasteiger partial charge on any atom is -0.483 e. The lowest BCUT2D eigenvalue weighted by molar-refractivity contribution is -0.153. The van der Waals surface area contributed by atoms with Crippen LogP contribution < -0.4 is 9.54 Å². The molecule has 1 aromatic carbocycles. The molecule has 5 nitrogen and oxygen atoms in total. The van der Waals surface area contributed by atoms with Crippen LogP contribution in [0.4, 0.5) is 13.2 Å². The summed E-state index contributed by atoms with van der Waals surface area (Å²) in [5.74, 6) is -0.165. The van der Waals surface area contributed by atoms with Crippen molar-refractivity contribution in [1.82, 2.24) is 4.57 Å². The Morgan fingerprint density at radius 1 is 1.29 bits per heavy atom. The van der Waals surface area contributed by atoms with Gasteiger partial charge < -0.3 is 9.30 Å². The third-order valence-electron chi connectivity index (χ3n) is 4.14. The van der Waals surface area contributed by atoms with Gasteiger partial charge in [-0.2, -0.15) is 28.4 Å². The number of unbranched alkanes of at least 4 members (excludes halogenated alkanes) is 1. The van der Waals surface area contributed by atoms with E-state index in [-0.39, 0.29) is 27.6 Å². The van der Waals surface area contributed by atoms with E-state index < -0.39 is 12.8 Å². The lowest BCUT2D eigenvalue weighted by Gasteiger charge is -2.14. The molecule has 31 heavy (non-hydrogen) atoms. The Balaban J connectivity index is 2.62. The first-order valence-corrected chi connectivity index (χ1v) is 10.9. The molecule has 0 atom stereocenters. The number of halogens is 4. The molecule has 0 N–H and O–H groups in total. The molecule has 0 amide bonds. The highest BCUT2D eigenvalue weighted by Gasteiger charge is 2.29. The lowest BCUT2D eigenvalue weighted by atomic mass is 9.95. The third kappa shape index (κ3) is 7.40. The van der Waals surface area contributed by atoms with Crippen LogP contribution in [0.2, 0.25) is 5.02 Å². The van der Waals surface area contributed by atoms with E-state index in [0.717, 1.165) is 17.7 Å². The van der Waals surface area contributed by atoms with Gasteiger partial charge in [0.25, 0.3) is 0 Å². The van der Waals surface area contributed by atoms with Crippen LogP contribution in [0.5, 0.6) is 5.75 Å². The lowest BCUT2D eigenvalue weighted by Crippen LogP contribution is -2.21. The Morgan fingerprint density at radius 2 is 2.00 bits per heavy atom. The fourth-order valence-corrected chi connectivity index (χ4v) is 3.80. The van der Waals surface area contributed by atoms with E-state index in [1.165, 1.54) is 29.5 Å². The Labute approximate surface area is 188 Å². The Morgan fingerprint density at radius 3 is 2.58 bits per heavy atom. The first-order valence-electron chi connectivity index (χ1n) is 9.66. The highest BCUT2D eigenvalue weighted by Crippen LogP contribution is 2.27. The molecule has 0 aliphatic heterocycles. The molecule has 168 valence electrons. The number of thiazole rings is 1. The summed E-state index contributed by atoms with van der Waals surface area (Å²) in [7, 11) is 0. The molecule has 2 rings (SSSR count). The van der Waals surface area contributed by atoms with Crippen molar-refractivity contribution in [1.29, 1.82) is 5.26 Å². The first kappa shape index (κ1) is 25.0. The predicted molar refractivity (Wildman–Crippen MR) is 117 cm³/mol. The number of benzene rings is 1. The Bertz CT molecular complexity index is 1040. The Kier molecular flexibility index (Phi) is 8.32. The van der Waals surface area contributed by atoms with Gasteiger partial charge in [-0.1, -0.05) is 45.7 Å². The van der Waals surface area contributed by atoms with Crippen molar-refractivity contribution in [2.45, 2.75) is 58.7 Å². The average Bonchev–Trinajstić information content (AvgIpc) is 3.07. The second-order valence-corrected chi connectivity index (χ2v) is 9.31. The molecule has 0 aliphatic rings. The van der Waals surface area contributed by atoms with Crippen LogP contribution in [0.15, 0.2) is 34.4 Å². The van der Waals surface area contributed by atoms with E-state index in [1.54, 1.807) is 6.19 Å². The normalized spacial score (nSPS) is 13.4. The van der Waals surface area contributed by atoms with E-state index in [4.69, 9.17) is 16.3 Å². The number of amidine groups is 1. The van der Waals surface area contributed by atoms with Crippen molar-refractivity contribution in [3.05, 3.63) is 44.7 Å². The van der Waals surface area contributed by atoms with Gasteiger partial charge in [-0.15, -0.1) is 11.3 Å². The maximum Gasteiger partial charge on any atom is 0.422 e. The molecule has 0 aliphatic carbocycles. The quantitative estimate of drug-likeness (QED) is 0.291. The maximum atomic E-state index is 12.7. The number of aromatic nitrogens is 1. The van der Waals surface area contributed by atoms with Crippen LogP contribution in [0.3, 0.4) is 0 Å². The molecule has 0 unspecified atom stereocenters. The highest BCUT2D eigenvalue weighted by molar-refractivity contribution is 7.09. The van der Waals surface area contributed by atoms with Gasteiger partial charge in [-0.3, -0.25) is 0 Å². The van der Waals surface area contributed by atoms with Gasteiger partial charge in [-0.05, 0) is 30.0 Å². The summed E-state index contributed by atoms with van der Waals surface area (Å²) in [6.45, 7) is 7.55. The molecule has 0 spiro atoms. The average molecular weight is 473 g/mol. The van der Waals surface area contributed by atoms with Crippen molar-refractivity contribution >= 4 is 28.8 Å². The summed E-state index contributed by atoms with van der Waals surface area (Å²) in [6, 6.07) is 4.11. The SMILES string of the molecule is CCCCn1cc(C(C)(C)C)s/c1=N\C(=NC#N)c1cc(Cl)ccc1OCC(F)(F)F. The standard InChI is InChI=1S/C21H24ClF3N4OS/c1-5-6-9-29-11-17(20(2,3)4)31-19(29)28-18(27-13-26)15-10-14(22)7-8-16(15)30-12-21(23,24)25/h7-8,10-11H,5-6,9,12H2,1-4H3/b27-18?,28-19-. The zero-order chi connectivity index (χ0) is 23.2. The predicted octanol–water partition coefficient (Wildman–Crippen LogP) is 6.07. The van der Waals surface area contributed by atoms with Gasteiger partial charge in [0.1, 0.15) is 5.75 Å².